The number of amides is 1. The highest BCUT2D eigenvalue weighted by atomic mass is 32.2. The first-order chi connectivity index (χ1) is 7.84. The van der Waals surface area contributed by atoms with E-state index in [9.17, 15) is 4.79 Å². The summed E-state index contributed by atoms with van der Waals surface area (Å²) in [7, 11) is 0. The lowest BCUT2D eigenvalue weighted by molar-refractivity contribution is -0.122. The topological polar surface area (TPSA) is 41.1 Å². The molecule has 1 aliphatic rings. The van der Waals surface area contributed by atoms with Crippen molar-refractivity contribution in [2.75, 3.05) is 25.1 Å². The summed E-state index contributed by atoms with van der Waals surface area (Å²) in [5, 5.41) is 6.22. The average molecular weight is 244 g/mol. The fourth-order valence-electron chi connectivity index (χ4n) is 1.97. The van der Waals surface area contributed by atoms with Crippen LogP contribution in [0.5, 0.6) is 0 Å². The molecule has 0 unspecified atom stereocenters. The van der Waals surface area contributed by atoms with Crippen LogP contribution in [0.15, 0.2) is 0 Å². The number of nitrogens with one attached hydrogen (secondary N) is 2. The molecular formula is C12H24N2OS. The molecule has 4 heteroatoms. The molecule has 1 aliphatic heterocycles. The first kappa shape index (κ1) is 13.8. The Morgan fingerprint density at radius 3 is 2.88 bits per heavy atom. The normalized spacial score (nSPS) is 19.9. The van der Waals surface area contributed by atoms with Crippen LogP contribution in [0.2, 0.25) is 0 Å². The summed E-state index contributed by atoms with van der Waals surface area (Å²) < 4.78 is 0. The van der Waals surface area contributed by atoms with Crippen LogP contribution in [-0.4, -0.2) is 37.0 Å². The SMILES string of the molecule is CSCCCCCCNC(=O)[C@@H]1CCCN1. The zero-order chi connectivity index (χ0) is 11.6. The van der Waals surface area contributed by atoms with Gasteiger partial charge >= 0.3 is 0 Å². The first-order valence-electron chi connectivity index (χ1n) is 6.34. The van der Waals surface area contributed by atoms with Crippen molar-refractivity contribution >= 4 is 17.7 Å². The van der Waals surface area contributed by atoms with Gasteiger partial charge in [-0.25, -0.2) is 0 Å². The van der Waals surface area contributed by atoms with Gasteiger partial charge in [0.2, 0.25) is 5.91 Å². The third-order valence-electron chi connectivity index (χ3n) is 2.95. The lowest BCUT2D eigenvalue weighted by Gasteiger charge is -2.10. The van der Waals surface area contributed by atoms with Crippen LogP contribution in [0, 0.1) is 0 Å². The largest absolute Gasteiger partial charge is 0.355 e. The molecular weight excluding hydrogens is 220 g/mol. The van der Waals surface area contributed by atoms with Gasteiger partial charge in [-0.3, -0.25) is 4.79 Å². The summed E-state index contributed by atoms with van der Waals surface area (Å²) in [6, 6.07) is 0.0801. The van der Waals surface area contributed by atoms with E-state index in [0.29, 0.717) is 0 Å². The Kier molecular flexibility index (Phi) is 7.68. The number of thioether (sulfide) groups is 1. The number of unbranched alkanes of at least 4 members (excludes halogenated alkanes) is 3. The van der Waals surface area contributed by atoms with Crippen molar-refractivity contribution in [3.63, 3.8) is 0 Å². The van der Waals surface area contributed by atoms with Gasteiger partial charge in [-0.05, 0) is 44.2 Å². The van der Waals surface area contributed by atoms with E-state index in [4.69, 9.17) is 0 Å². The fourth-order valence-corrected chi connectivity index (χ4v) is 2.46. The Labute approximate surface area is 103 Å². The minimum Gasteiger partial charge on any atom is -0.355 e. The summed E-state index contributed by atoms with van der Waals surface area (Å²) in [4.78, 5) is 11.6. The number of carbonyl (C=O) groups excluding carboxylic acids is 1. The first-order valence-corrected chi connectivity index (χ1v) is 7.74. The average Bonchev–Trinajstić information content (AvgIpc) is 2.81. The van der Waals surface area contributed by atoms with Gasteiger partial charge in [-0.1, -0.05) is 12.8 Å². The van der Waals surface area contributed by atoms with E-state index < -0.39 is 0 Å². The molecule has 0 aliphatic carbocycles. The van der Waals surface area contributed by atoms with Crippen molar-refractivity contribution in [1.29, 1.82) is 0 Å². The summed E-state index contributed by atoms with van der Waals surface area (Å²) in [5.74, 6) is 1.46. The maximum absolute atomic E-state index is 11.6. The number of carbonyl (C=O) groups is 1. The summed E-state index contributed by atoms with van der Waals surface area (Å²) >= 11 is 1.91. The molecule has 0 aromatic rings. The van der Waals surface area contributed by atoms with Crippen molar-refractivity contribution in [1.82, 2.24) is 10.6 Å². The third-order valence-corrected chi connectivity index (χ3v) is 3.65. The summed E-state index contributed by atoms with van der Waals surface area (Å²) in [6.07, 6.45) is 9.23. The molecule has 0 aromatic carbocycles. The van der Waals surface area contributed by atoms with Crippen molar-refractivity contribution < 1.29 is 4.79 Å². The van der Waals surface area contributed by atoms with Gasteiger partial charge in [0.1, 0.15) is 0 Å². The van der Waals surface area contributed by atoms with E-state index in [1.54, 1.807) is 0 Å². The molecule has 1 heterocycles. The fraction of sp³-hybridized carbons (Fsp3) is 0.917. The molecule has 1 amide bonds. The van der Waals surface area contributed by atoms with E-state index in [1.807, 2.05) is 11.8 Å². The van der Waals surface area contributed by atoms with Gasteiger partial charge in [0.15, 0.2) is 0 Å². The number of hydrogen-bond acceptors (Lipinski definition) is 3. The van der Waals surface area contributed by atoms with Gasteiger partial charge in [0.05, 0.1) is 6.04 Å². The molecule has 1 rings (SSSR count). The molecule has 0 saturated carbocycles. The van der Waals surface area contributed by atoms with Crippen LogP contribution in [-0.2, 0) is 4.79 Å². The Bertz CT molecular complexity index is 193. The van der Waals surface area contributed by atoms with Crippen LogP contribution in [0.25, 0.3) is 0 Å². The van der Waals surface area contributed by atoms with Crippen molar-refractivity contribution in [2.24, 2.45) is 0 Å². The zero-order valence-electron chi connectivity index (χ0n) is 10.3. The highest BCUT2D eigenvalue weighted by Gasteiger charge is 2.20. The molecule has 16 heavy (non-hydrogen) atoms. The van der Waals surface area contributed by atoms with E-state index in [-0.39, 0.29) is 11.9 Å². The van der Waals surface area contributed by atoms with E-state index >= 15 is 0 Å². The van der Waals surface area contributed by atoms with Gasteiger partial charge in [0, 0.05) is 6.54 Å². The maximum Gasteiger partial charge on any atom is 0.237 e. The van der Waals surface area contributed by atoms with Gasteiger partial charge in [-0.2, -0.15) is 11.8 Å². The van der Waals surface area contributed by atoms with Crippen molar-refractivity contribution in [3.05, 3.63) is 0 Å². The maximum atomic E-state index is 11.6. The molecule has 3 nitrogen and oxygen atoms in total. The zero-order valence-corrected chi connectivity index (χ0v) is 11.1. The van der Waals surface area contributed by atoms with E-state index in [0.717, 1.165) is 32.4 Å². The van der Waals surface area contributed by atoms with Crippen LogP contribution in [0.1, 0.15) is 38.5 Å². The summed E-state index contributed by atoms with van der Waals surface area (Å²) in [6.45, 7) is 1.84. The number of hydrogen-bond donors (Lipinski definition) is 2. The predicted octanol–water partition coefficient (Wildman–Crippen LogP) is 1.78. The van der Waals surface area contributed by atoms with E-state index in [1.165, 1.54) is 25.0 Å². The lowest BCUT2D eigenvalue weighted by atomic mass is 10.2. The molecule has 2 N–H and O–H groups in total. The Morgan fingerprint density at radius 1 is 1.38 bits per heavy atom. The Morgan fingerprint density at radius 2 is 2.19 bits per heavy atom. The Hall–Kier alpha value is -0.220. The Balaban J connectivity index is 1.88. The van der Waals surface area contributed by atoms with Crippen LogP contribution < -0.4 is 10.6 Å². The smallest absolute Gasteiger partial charge is 0.237 e. The van der Waals surface area contributed by atoms with Crippen LogP contribution >= 0.6 is 11.8 Å². The van der Waals surface area contributed by atoms with Crippen LogP contribution in [0.3, 0.4) is 0 Å². The lowest BCUT2D eigenvalue weighted by Crippen LogP contribution is -2.40. The third kappa shape index (κ3) is 5.75. The minimum absolute atomic E-state index is 0.0801. The van der Waals surface area contributed by atoms with Crippen molar-refractivity contribution in [2.45, 2.75) is 44.6 Å². The van der Waals surface area contributed by atoms with E-state index in [2.05, 4.69) is 16.9 Å². The second-order valence-corrected chi connectivity index (χ2v) is 5.33. The quantitative estimate of drug-likeness (QED) is 0.640. The van der Waals surface area contributed by atoms with Gasteiger partial charge < -0.3 is 10.6 Å². The molecule has 1 saturated heterocycles. The van der Waals surface area contributed by atoms with Crippen LogP contribution in [0.4, 0.5) is 0 Å². The summed E-state index contributed by atoms with van der Waals surface area (Å²) in [5.41, 5.74) is 0. The predicted molar refractivity (Wildman–Crippen MR) is 70.9 cm³/mol. The highest BCUT2D eigenvalue weighted by molar-refractivity contribution is 7.98. The monoisotopic (exact) mass is 244 g/mol. The molecule has 0 aromatic heterocycles. The van der Waals surface area contributed by atoms with Gasteiger partial charge in [-0.15, -0.1) is 0 Å². The second-order valence-electron chi connectivity index (χ2n) is 4.35. The minimum atomic E-state index is 0.0801. The van der Waals surface area contributed by atoms with Gasteiger partial charge in [0.25, 0.3) is 0 Å². The standard InChI is InChI=1S/C12H24N2OS/c1-16-10-5-3-2-4-8-14-12(15)11-7-6-9-13-11/h11,13H,2-10H2,1H3,(H,14,15)/t11-/m0/s1. The molecule has 0 spiro atoms. The molecule has 1 atom stereocenters. The van der Waals surface area contributed by atoms with Crippen molar-refractivity contribution in [3.8, 4) is 0 Å². The molecule has 0 bridgehead atoms. The second kappa shape index (κ2) is 8.88. The molecule has 0 radical (unpaired) electrons. The highest BCUT2D eigenvalue weighted by Crippen LogP contribution is 2.06. The molecule has 1 fully saturated rings. The number of rotatable bonds is 8. The molecule has 94 valence electrons.